The molecule has 1 aromatic carbocycles. The Morgan fingerprint density at radius 3 is 2.50 bits per heavy atom. The molecule has 1 heterocycles. The highest BCUT2D eigenvalue weighted by molar-refractivity contribution is 14.0. The van der Waals surface area contributed by atoms with Crippen molar-refractivity contribution in [3.63, 3.8) is 0 Å². The van der Waals surface area contributed by atoms with Crippen LogP contribution in [0.15, 0.2) is 47.7 Å². The van der Waals surface area contributed by atoms with Crippen molar-refractivity contribution in [2.45, 2.75) is 25.8 Å². The van der Waals surface area contributed by atoms with Crippen molar-refractivity contribution in [3.05, 3.63) is 53.3 Å². The minimum atomic E-state index is 0. The summed E-state index contributed by atoms with van der Waals surface area (Å²) >= 11 is 6.03. The number of hydrogen-bond donors (Lipinski definition) is 2. The Labute approximate surface area is 201 Å². The first-order valence-electron chi connectivity index (χ1n) is 10.1. The molecule has 30 heavy (non-hydrogen) atoms. The summed E-state index contributed by atoms with van der Waals surface area (Å²) in [4.78, 5) is 4.28. The Balaban J connectivity index is 0.00000450. The molecule has 2 aromatic rings. The molecule has 1 aromatic heterocycles. The Hall–Kier alpha value is -1.36. The lowest BCUT2D eigenvalue weighted by Crippen LogP contribution is -2.41. The summed E-state index contributed by atoms with van der Waals surface area (Å²) in [5, 5.41) is 11.7. The summed E-state index contributed by atoms with van der Waals surface area (Å²) in [6.07, 6.45) is 5.97. The van der Waals surface area contributed by atoms with Crippen molar-refractivity contribution in [3.8, 4) is 0 Å². The van der Waals surface area contributed by atoms with E-state index in [0.29, 0.717) is 37.9 Å². The minimum absolute atomic E-state index is 0. The average Bonchev–Trinajstić information content (AvgIpc) is 3.27. The third kappa shape index (κ3) is 10.1. The molecule has 0 saturated heterocycles. The van der Waals surface area contributed by atoms with Crippen LogP contribution in [0.5, 0.6) is 0 Å². The highest BCUT2D eigenvalue weighted by Crippen LogP contribution is 2.19. The molecule has 0 amide bonds. The van der Waals surface area contributed by atoms with Gasteiger partial charge in [0.25, 0.3) is 0 Å². The minimum Gasteiger partial charge on any atom is -0.379 e. The molecule has 0 aliphatic rings. The topological polar surface area (TPSA) is 72.7 Å². The van der Waals surface area contributed by atoms with E-state index in [1.807, 2.05) is 41.2 Å². The lowest BCUT2D eigenvalue weighted by atomic mass is 10.1. The number of halogens is 2. The van der Waals surface area contributed by atoms with Crippen LogP contribution in [0.25, 0.3) is 0 Å². The summed E-state index contributed by atoms with van der Waals surface area (Å²) in [5.41, 5.74) is 1.12. The third-order valence-corrected chi connectivity index (χ3v) is 4.59. The first kappa shape index (κ1) is 26.7. The van der Waals surface area contributed by atoms with E-state index < -0.39 is 0 Å². The molecule has 0 fully saturated rings. The summed E-state index contributed by atoms with van der Waals surface area (Å²) in [6.45, 7) is 6.10. The zero-order valence-electron chi connectivity index (χ0n) is 17.7. The van der Waals surface area contributed by atoms with Gasteiger partial charge in [0, 0.05) is 44.2 Å². The Morgan fingerprint density at radius 2 is 1.87 bits per heavy atom. The van der Waals surface area contributed by atoms with E-state index in [0.717, 1.165) is 31.0 Å². The van der Waals surface area contributed by atoms with Crippen LogP contribution in [0.1, 0.15) is 31.4 Å². The maximum absolute atomic E-state index is 6.03. The van der Waals surface area contributed by atoms with Crippen LogP contribution in [0, 0.1) is 0 Å². The quantitative estimate of drug-likeness (QED) is 0.172. The van der Waals surface area contributed by atoms with Crippen molar-refractivity contribution in [1.82, 2.24) is 20.4 Å². The molecule has 0 aliphatic carbocycles. The van der Waals surface area contributed by atoms with E-state index in [9.17, 15) is 0 Å². The number of aromatic nitrogens is 2. The summed E-state index contributed by atoms with van der Waals surface area (Å²) < 4.78 is 13.0. The van der Waals surface area contributed by atoms with E-state index in [2.05, 4.69) is 27.6 Å². The van der Waals surface area contributed by atoms with Gasteiger partial charge in [0.1, 0.15) is 0 Å². The maximum atomic E-state index is 6.03. The number of guanidine groups is 1. The van der Waals surface area contributed by atoms with Crippen LogP contribution in [0.2, 0.25) is 5.02 Å². The molecule has 7 nitrogen and oxygen atoms in total. The summed E-state index contributed by atoms with van der Waals surface area (Å²) in [6, 6.07) is 9.76. The van der Waals surface area contributed by atoms with E-state index in [-0.39, 0.29) is 30.0 Å². The van der Waals surface area contributed by atoms with Crippen molar-refractivity contribution in [1.29, 1.82) is 0 Å². The maximum Gasteiger partial charge on any atom is 0.191 e. The van der Waals surface area contributed by atoms with Gasteiger partial charge >= 0.3 is 0 Å². The zero-order valence-corrected chi connectivity index (χ0v) is 20.8. The third-order valence-electron chi connectivity index (χ3n) is 4.34. The highest BCUT2D eigenvalue weighted by Gasteiger charge is 2.14. The first-order valence-corrected chi connectivity index (χ1v) is 10.5. The van der Waals surface area contributed by atoms with Gasteiger partial charge in [-0.1, -0.05) is 37.1 Å². The van der Waals surface area contributed by atoms with Crippen LogP contribution in [0.3, 0.4) is 0 Å². The van der Waals surface area contributed by atoms with E-state index in [4.69, 9.17) is 21.1 Å². The lowest BCUT2D eigenvalue weighted by molar-refractivity contribution is 0.0487. The van der Waals surface area contributed by atoms with Gasteiger partial charge in [-0.2, -0.15) is 5.10 Å². The molecule has 168 valence electrons. The second kappa shape index (κ2) is 16.3. The average molecular weight is 550 g/mol. The number of rotatable bonds is 13. The molecule has 0 aliphatic heterocycles. The largest absolute Gasteiger partial charge is 0.379 e. The number of benzene rings is 1. The second-order valence-corrected chi connectivity index (χ2v) is 6.95. The molecule has 2 rings (SSSR count). The fourth-order valence-corrected chi connectivity index (χ4v) is 2.86. The number of aliphatic imine (C=N–C) groups is 1. The number of nitrogens with zero attached hydrogens (tertiary/aromatic N) is 3. The predicted molar refractivity (Wildman–Crippen MR) is 133 cm³/mol. The molecule has 0 spiro atoms. The van der Waals surface area contributed by atoms with E-state index in [1.165, 1.54) is 0 Å². The summed E-state index contributed by atoms with van der Waals surface area (Å²) in [5.74, 6) is 0.721. The van der Waals surface area contributed by atoms with Crippen molar-refractivity contribution >= 4 is 41.5 Å². The Morgan fingerprint density at radius 1 is 1.13 bits per heavy atom. The van der Waals surface area contributed by atoms with Gasteiger partial charge in [-0.15, -0.1) is 24.0 Å². The molecular formula is C21H33ClIN5O2. The van der Waals surface area contributed by atoms with Crippen LogP contribution >= 0.6 is 35.6 Å². The zero-order chi connectivity index (χ0) is 20.7. The smallest absolute Gasteiger partial charge is 0.191 e. The van der Waals surface area contributed by atoms with Crippen LogP contribution in [-0.2, 0) is 9.47 Å². The molecule has 0 radical (unpaired) electrons. The Bertz CT molecular complexity index is 698. The first-order chi connectivity index (χ1) is 14.2. The van der Waals surface area contributed by atoms with E-state index in [1.54, 1.807) is 13.2 Å². The van der Waals surface area contributed by atoms with Gasteiger partial charge in [-0.3, -0.25) is 9.67 Å². The number of ether oxygens (including phenoxy) is 2. The van der Waals surface area contributed by atoms with Crippen molar-refractivity contribution < 1.29 is 9.47 Å². The van der Waals surface area contributed by atoms with Gasteiger partial charge in [0.05, 0.1) is 25.9 Å². The van der Waals surface area contributed by atoms with Gasteiger partial charge < -0.3 is 20.1 Å². The van der Waals surface area contributed by atoms with Gasteiger partial charge in [-0.25, -0.2) is 0 Å². The molecule has 9 heteroatoms. The summed E-state index contributed by atoms with van der Waals surface area (Å²) in [7, 11) is 1.75. The second-order valence-electron chi connectivity index (χ2n) is 6.51. The van der Waals surface area contributed by atoms with Crippen molar-refractivity contribution in [2.75, 3.05) is 46.6 Å². The molecule has 0 saturated carbocycles. The van der Waals surface area contributed by atoms with Crippen LogP contribution in [-0.4, -0.2) is 62.3 Å². The highest BCUT2D eigenvalue weighted by atomic mass is 127. The Kier molecular flexibility index (Phi) is 14.5. The van der Waals surface area contributed by atoms with Crippen molar-refractivity contribution in [2.24, 2.45) is 4.99 Å². The van der Waals surface area contributed by atoms with Gasteiger partial charge in [-0.05, 0) is 30.2 Å². The number of hydrogen-bond acceptors (Lipinski definition) is 4. The molecule has 1 atom stereocenters. The van der Waals surface area contributed by atoms with Crippen LogP contribution < -0.4 is 10.6 Å². The molecule has 2 N–H and O–H groups in total. The number of nitrogens with one attached hydrogen (secondary N) is 2. The molecular weight excluding hydrogens is 517 g/mol. The molecule has 1 unspecified atom stereocenters. The normalized spacial score (nSPS) is 12.3. The van der Waals surface area contributed by atoms with Gasteiger partial charge in [0.2, 0.25) is 0 Å². The van der Waals surface area contributed by atoms with Gasteiger partial charge in [0.15, 0.2) is 5.96 Å². The lowest BCUT2D eigenvalue weighted by Gasteiger charge is -2.20. The fourth-order valence-electron chi connectivity index (χ4n) is 2.74. The SMILES string of the molecule is CCCCOCCOCCNC(=NC)NCC(c1ccc(Cl)cc1)n1cccn1.I. The van der Waals surface area contributed by atoms with Crippen LogP contribution in [0.4, 0.5) is 0 Å². The monoisotopic (exact) mass is 549 g/mol. The number of unbranched alkanes of at least 4 members (excludes halogenated alkanes) is 1. The fraction of sp³-hybridized carbons (Fsp3) is 0.524. The standard InChI is InChI=1S/C21H32ClN5O2.HI/c1-3-4-13-28-15-16-29-14-11-24-21(23-2)25-17-20(27-12-5-10-26-27)18-6-8-19(22)9-7-18;/h5-10,12,20H,3-4,11,13-17H2,1-2H3,(H2,23,24,25);1H. The van der Waals surface area contributed by atoms with E-state index >= 15 is 0 Å². The molecule has 0 bridgehead atoms. The predicted octanol–water partition coefficient (Wildman–Crippen LogP) is 3.74.